The fraction of sp³-hybridized carbons (Fsp3) is 0.143. The quantitative estimate of drug-likeness (QED) is 0.391. The Morgan fingerprint density at radius 1 is 0.781 bits per heavy atom. The van der Waals surface area contributed by atoms with Crippen LogP contribution in [-0.2, 0) is 30.2 Å². The third-order valence-corrected chi connectivity index (χ3v) is 7.84. The summed E-state index contributed by atoms with van der Waals surface area (Å²) in [5.41, 5.74) is 0. The van der Waals surface area contributed by atoms with Crippen LogP contribution in [0.4, 0.5) is 26.3 Å². The molecule has 0 radical (unpaired) electrons. The van der Waals surface area contributed by atoms with Gasteiger partial charge in [-0.15, -0.1) is 0 Å². The number of hydrogen-bond donors (Lipinski definition) is 2. The molecule has 0 aliphatic heterocycles. The van der Waals surface area contributed by atoms with Crippen LogP contribution in [0.3, 0.4) is 0 Å². The topological polar surface area (TPSA) is 144 Å². The monoisotopic (exact) mass is 529 g/mol. The molecule has 0 saturated carbocycles. The number of rotatable bonds is 8. The van der Waals surface area contributed by atoms with E-state index in [2.05, 4.69) is 4.74 Å². The van der Waals surface area contributed by atoms with Crippen LogP contribution in [0.5, 0.6) is 5.75 Å². The summed E-state index contributed by atoms with van der Waals surface area (Å²) in [5, 5.41) is -6.30. The zero-order valence-electron chi connectivity index (χ0n) is 14.8. The maximum Gasteiger partial charge on any atom is 0.482 e. The number of alkyl halides is 4. The third kappa shape index (κ3) is 5.31. The molecular formula is C14H9F6NO8S3. The summed E-state index contributed by atoms with van der Waals surface area (Å²) in [7, 11) is -17.1. The first kappa shape index (κ1) is 25.8. The van der Waals surface area contributed by atoms with Gasteiger partial charge in [-0.2, -0.15) is 26.0 Å². The van der Waals surface area contributed by atoms with Crippen LogP contribution in [-0.4, -0.2) is 41.2 Å². The summed E-state index contributed by atoms with van der Waals surface area (Å²) in [5.74, 6) is -4.60. The Labute approximate surface area is 176 Å². The number of nitrogens with one attached hydrogen (secondary N) is 1. The molecule has 32 heavy (non-hydrogen) atoms. The number of sulfonamides is 2. The van der Waals surface area contributed by atoms with E-state index in [1.54, 1.807) is 0 Å². The van der Waals surface area contributed by atoms with Crippen molar-refractivity contribution in [1.29, 1.82) is 0 Å². The SMILES string of the molecule is O=S(=O)(O)c1ccc(S(=O)(=O)NS(=O)(=O)C(F)(F)C(F)(F)Oc2cc(F)cc(F)c2)cc1. The van der Waals surface area contributed by atoms with E-state index in [-0.39, 0.29) is 18.2 Å². The molecule has 2 N–H and O–H groups in total. The highest BCUT2D eigenvalue weighted by Crippen LogP contribution is 2.40. The minimum absolute atomic E-state index is 0.0284. The first-order valence-corrected chi connectivity index (χ1v) is 12.0. The Bertz CT molecular complexity index is 1320. The van der Waals surface area contributed by atoms with Crippen molar-refractivity contribution in [2.75, 3.05) is 0 Å². The smallest absolute Gasteiger partial charge is 0.427 e. The molecular weight excluding hydrogens is 520 g/mol. The lowest BCUT2D eigenvalue weighted by Gasteiger charge is -2.26. The highest BCUT2D eigenvalue weighted by molar-refractivity contribution is 8.05. The van der Waals surface area contributed by atoms with Crippen molar-refractivity contribution in [2.45, 2.75) is 21.2 Å². The van der Waals surface area contributed by atoms with Crippen molar-refractivity contribution in [3.05, 3.63) is 54.1 Å². The second-order valence-corrected chi connectivity index (χ2v) is 10.9. The summed E-state index contributed by atoms with van der Waals surface area (Å²) in [6, 6.07) is 1.85. The van der Waals surface area contributed by atoms with Crippen LogP contribution in [0.25, 0.3) is 0 Å². The van der Waals surface area contributed by atoms with Gasteiger partial charge < -0.3 is 4.74 Å². The summed E-state index contributed by atoms with van der Waals surface area (Å²) in [6.07, 6.45) is -6.02. The highest BCUT2D eigenvalue weighted by Gasteiger charge is 2.70. The molecule has 2 aromatic rings. The first-order valence-electron chi connectivity index (χ1n) is 7.55. The maximum absolute atomic E-state index is 14.0. The molecule has 178 valence electrons. The number of ether oxygens (including phenoxy) is 1. The molecule has 0 unspecified atom stereocenters. The van der Waals surface area contributed by atoms with Crippen molar-refractivity contribution in [2.24, 2.45) is 0 Å². The molecule has 0 aliphatic carbocycles. The molecule has 0 spiro atoms. The number of benzene rings is 2. The lowest BCUT2D eigenvalue weighted by Crippen LogP contribution is -2.55. The Kier molecular flexibility index (Phi) is 6.60. The van der Waals surface area contributed by atoms with Crippen molar-refractivity contribution in [1.82, 2.24) is 4.13 Å². The fourth-order valence-electron chi connectivity index (χ4n) is 1.99. The van der Waals surface area contributed by atoms with E-state index >= 15 is 0 Å². The van der Waals surface area contributed by atoms with Gasteiger partial charge in [-0.1, -0.05) is 4.13 Å². The van der Waals surface area contributed by atoms with Crippen LogP contribution in [0.2, 0.25) is 0 Å². The normalized spacial score (nSPS) is 13.7. The zero-order chi connectivity index (χ0) is 24.8. The Hall–Kier alpha value is -2.41. The van der Waals surface area contributed by atoms with E-state index in [0.717, 1.165) is 0 Å². The third-order valence-electron chi connectivity index (χ3n) is 3.41. The van der Waals surface area contributed by atoms with Crippen molar-refractivity contribution in [3.8, 4) is 5.75 Å². The molecule has 2 rings (SSSR count). The highest BCUT2D eigenvalue weighted by atomic mass is 32.3. The molecule has 0 aliphatic rings. The van der Waals surface area contributed by atoms with Gasteiger partial charge in [0.25, 0.3) is 20.1 Å². The molecule has 0 saturated heterocycles. The van der Waals surface area contributed by atoms with Gasteiger partial charge in [0.05, 0.1) is 9.79 Å². The summed E-state index contributed by atoms with van der Waals surface area (Å²) in [6.45, 7) is 0. The second kappa shape index (κ2) is 8.18. The maximum atomic E-state index is 14.0. The molecule has 0 fully saturated rings. The van der Waals surface area contributed by atoms with Crippen LogP contribution in [0, 0.1) is 11.6 Å². The Morgan fingerprint density at radius 3 is 1.66 bits per heavy atom. The van der Waals surface area contributed by atoms with Crippen LogP contribution in [0.15, 0.2) is 52.3 Å². The Morgan fingerprint density at radius 2 is 1.22 bits per heavy atom. The van der Waals surface area contributed by atoms with Gasteiger partial charge in [-0.25, -0.2) is 25.6 Å². The molecule has 0 amide bonds. The minimum atomic E-state index is -6.80. The first-order chi connectivity index (χ1) is 14.3. The second-order valence-electron chi connectivity index (χ2n) is 5.78. The predicted octanol–water partition coefficient (Wildman–Crippen LogP) is 2.08. The van der Waals surface area contributed by atoms with Crippen LogP contribution >= 0.6 is 0 Å². The summed E-state index contributed by atoms with van der Waals surface area (Å²) < 4.78 is 164. The van der Waals surface area contributed by atoms with Gasteiger partial charge in [0, 0.05) is 18.2 Å². The van der Waals surface area contributed by atoms with E-state index in [4.69, 9.17) is 4.55 Å². The van der Waals surface area contributed by atoms with Gasteiger partial charge in [0.15, 0.2) is 0 Å². The molecule has 0 heterocycles. The van der Waals surface area contributed by atoms with Gasteiger partial charge >= 0.3 is 21.4 Å². The minimum Gasteiger partial charge on any atom is -0.427 e. The van der Waals surface area contributed by atoms with Crippen molar-refractivity contribution in [3.63, 3.8) is 0 Å². The fourth-order valence-corrected chi connectivity index (χ4v) is 5.27. The Balaban J connectivity index is 2.37. The van der Waals surface area contributed by atoms with E-state index in [9.17, 15) is 51.6 Å². The van der Waals surface area contributed by atoms with Crippen molar-refractivity contribution < 1.29 is 60.9 Å². The van der Waals surface area contributed by atoms with E-state index in [1.165, 1.54) is 0 Å². The zero-order valence-corrected chi connectivity index (χ0v) is 17.3. The molecule has 0 atom stereocenters. The molecule has 0 aromatic heterocycles. The van der Waals surface area contributed by atoms with Crippen LogP contribution < -0.4 is 8.86 Å². The summed E-state index contributed by atoms with van der Waals surface area (Å²) in [4.78, 5) is -2.02. The largest absolute Gasteiger partial charge is 0.482 e. The lowest BCUT2D eigenvalue weighted by molar-refractivity contribution is -0.273. The number of halogens is 6. The predicted molar refractivity (Wildman–Crippen MR) is 92.4 cm³/mol. The molecule has 2 aromatic carbocycles. The van der Waals surface area contributed by atoms with Gasteiger partial charge in [-0.05, 0) is 24.3 Å². The summed E-state index contributed by atoms with van der Waals surface area (Å²) >= 11 is 0. The van der Waals surface area contributed by atoms with E-state index in [1.807, 2.05) is 0 Å². The molecule has 18 heteroatoms. The molecule has 9 nitrogen and oxygen atoms in total. The number of hydrogen-bond acceptors (Lipinski definition) is 7. The average molecular weight is 529 g/mol. The van der Waals surface area contributed by atoms with Crippen LogP contribution in [0.1, 0.15) is 0 Å². The molecule has 0 bridgehead atoms. The standard InChI is InChI=1S/C14H9F6NO8S3/c15-8-5-9(16)7-10(6-8)29-13(17,18)14(19,20)32(27,28)21-30(22,23)11-1-3-12(4-2-11)31(24,25)26/h1-7,21H,(H,24,25,26). The van der Waals surface area contributed by atoms with E-state index < -0.39 is 68.7 Å². The lowest BCUT2D eigenvalue weighted by atomic mass is 10.3. The van der Waals surface area contributed by atoms with Gasteiger partial charge in [0.1, 0.15) is 17.4 Å². The van der Waals surface area contributed by atoms with E-state index in [0.29, 0.717) is 28.4 Å². The average Bonchev–Trinajstić information content (AvgIpc) is 2.58. The van der Waals surface area contributed by atoms with Gasteiger partial charge in [-0.3, -0.25) is 4.55 Å². The van der Waals surface area contributed by atoms with Gasteiger partial charge in [0.2, 0.25) is 0 Å². The van der Waals surface area contributed by atoms with Crippen molar-refractivity contribution >= 4 is 30.2 Å².